The summed E-state index contributed by atoms with van der Waals surface area (Å²) in [6.45, 7) is 16.4. The minimum Gasteiger partial charge on any atom is -0.351 e. The van der Waals surface area contributed by atoms with Gasteiger partial charge in [0.2, 0.25) is 10.0 Å². The quantitative estimate of drug-likeness (QED) is 0.767. The van der Waals surface area contributed by atoms with Crippen molar-refractivity contribution >= 4 is 15.9 Å². The molecule has 0 unspecified atom stereocenters. The summed E-state index contributed by atoms with van der Waals surface area (Å²) in [5, 5.41) is 2.85. The van der Waals surface area contributed by atoms with Gasteiger partial charge in [0.05, 0.1) is 31.1 Å². The van der Waals surface area contributed by atoms with Crippen LogP contribution in [0.3, 0.4) is 0 Å². The Balaban J connectivity index is 2.25. The number of rotatable bonds is 5. The van der Waals surface area contributed by atoms with Crippen molar-refractivity contribution in [3.63, 3.8) is 0 Å². The van der Waals surface area contributed by atoms with Crippen LogP contribution in [0.2, 0.25) is 0 Å². The highest BCUT2D eigenvalue weighted by atomic mass is 32.2. The van der Waals surface area contributed by atoms with E-state index in [-0.39, 0.29) is 11.9 Å². The molecule has 2 rings (SSSR count). The summed E-state index contributed by atoms with van der Waals surface area (Å²) in [5.41, 5.74) is 4.95. The van der Waals surface area contributed by atoms with Gasteiger partial charge in [-0.25, -0.2) is 8.42 Å². The second-order valence-electron chi connectivity index (χ2n) is 7.63. The second-order valence-corrected chi connectivity index (χ2v) is 9.51. The summed E-state index contributed by atoms with van der Waals surface area (Å²) in [5.74, 6) is 0.0280. The van der Waals surface area contributed by atoms with Gasteiger partial charge in [-0.15, -0.1) is 0 Å². The van der Waals surface area contributed by atoms with Crippen LogP contribution < -0.4 is 10.2 Å². The maximum Gasteiger partial charge on any atom is 0.278 e. The molecule has 27 heavy (non-hydrogen) atoms. The predicted molar refractivity (Wildman–Crippen MR) is 108 cm³/mol. The fourth-order valence-electron chi connectivity index (χ4n) is 3.94. The molecule has 1 heterocycles. The number of sulfonamides is 1. The van der Waals surface area contributed by atoms with Crippen molar-refractivity contribution in [2.24, 2.45) is 0 Å². The number of quaternary nitrogens is 1. The van der Waals surface area contributed by atoms with Crippen LogP contribution in [0.25, 0.3) is 0 Å². The topological polar surface area (TPSA) is 70.9 Å². The van der Waals surface area contributed by atoms with Crippen LogP contribution in [0.15, 0.2) is 4.90 Å². The van der Waals surface area contributed by atoms with Crippen LogP contribution in [-0.4, -0.2) is 57.4 Å². The second kappa shape index (κ2) is 8.29. The fourth-order valence-corrected chi connectivity index (χ4v) is 5.94. The molecule has 1 fully saturated rings. The average Bonchev–Trinajstić information content (AvgIpc) is 2.64. The van der Waals surface area contributed by atoms with Crippen molar-refractivity contribution in [3.8, 4) is 0 Å². The number of carbonyl (C=O) groups excluding carboxylic acids is 1. The standard InChI is InChI=1S/C20H33N3O3S/c1-8-21-20(24)18(7)22-9-11-23(12-10-22)27(25,26)19-16(5)14(3)13(2)15(4)17(19)6/h18H,8-12H2,1-7H3,(H,21,24)/p+1/t18-/m0/s1. The van der Waals surface area contributed by atoms with E-state index in [0.29, 0.717) is 37.6 Å². The van der Waals surface area contributed by atoms with E-state index in [2.05, 4.69) is 5.32 Å². The Morgan fingerprint density at radius 1 is 1.00 bits per heavy atom. The van der Waals surface area contributed by atoms with Crippen molar-refractivity contribution < 1.29 is 18.1 Å². The number of likely N-dealkylation sites (N-methyl/N-ethyl adjacent to an activating group) is 1. The lowest BCUT2D eigenvalue weighted by molar-refractivity contribution is -0.917. The first-order valence-corrected chi connectivity index (χ1v) is 11.2. The lowest BCUT2D eigenvalue weighted by atomic mass is 9.95. The minimum atomic E-state index is -3.55. The van der Waals surface area contributed by atoms with E-state index < -0.39 is 10.0 Å². The van der Waals surface area contributed by atoms with Crippen LogP contribution in [0.1, 0.15) is 41.7 Å². The lowest BCUT2D eigenvalue weighted by Gasteiger charge is -2.35. The van der Waals surface area contributed by atoms with Gasteiger partial charge in [-0.05, 0) is 76.3 Å². The molecule has 1 atom stereocenters. The van der Waals surface area contributed by atoms with Crippen LogP contribution in [-0.2, 0) is 14.8 Å². The number of benzene rings is 1. The Morgan fingerprint density at radius 2 is 1.44 bits per heavy atom. The summed E-state index contributed by atoms with van der Waals surface area (Å²) in [4.78, 5) is 13.7. The number of carbonyl (C=O) groups is 1. The van der Waals surface area contributed by atoms with Gasteiger partial charge in [-0.1, -0.05) is 0 Å². The Bertz CT molecular complexity index is 796. The van der Waals surface area contributed by atoms with Crippen LogP contribution in [0.5, 0.6) is 0 Å². The van der Waals surface area contributed by atoms with E-state index in [4.69, 9.17) is 0 Å². The number of nitrogens with one attached hydrogen (secondary N) is 2. The summed E-state index contributed by atoms with van der Waals surface area (Å²) < 4.78 is 28.4. The zero-order valence-corrected chi connectivity index (χ0v) is 18.5. The van der Waals surface area contributed by atoms with E-state index in [1.165, 1.54) is 0 Å². The summed E-state index contributed by atoms with van der Waals surface area (Å²) in [7, 11) is -3.55. The molecule has 1 aromatic rings. The maximum atomic E-state index is 13.4. The fraction of sp³-hybridized carbons (Fsp3) is 0.650. The molecule has 0 aliphatic carbocycles. The van der Waals surface area contributed by atoms with E-state index in [9.17, 15) is 13.2 Å². The minimum absolute atomic E-state index is 0.0280. The molecule has 0 radical (unpaired) electrons. The monoisotopic (exact) mass is 396 g/mol. The highest BCUT2D eigenvalue weighted by Gasteiger charge is 2.36. The molecule has 6 nitrogen and oxygen atoms in total. The van der Waals surface area contributed by atoms with Gasteiger partial charge in [0, 0.05) is 6.54 Å². The number of hydrogen-bond donors (Lipinski definition) is 2. The van der Waals surface area contributed by atoms with Crippen LogP contribution in [0, 0.1) is 34.6 Å². The number of piperazine rings is 1. The molecule has 152 valence electrons. The third-order valence-corrected chi connectivity index (χ3v) is 8.42. The molecule has 0 spiro atoms. The molecule has 1 amide bonds. The highest BCUT2D eigenvalue weighted by molar-refractivity contribution is 7.89. The molecule has 1 aliphatic rings. The van der Waals surface area contributed by atoms with Gasteiger partial charge in [-0.3, -0.25) is 4.79 Å². The van der Waals surface area contributed by atoms with Crippen LogP contribution >= 0.6 is 0 Å². The van der Waals surface area contributed by atoms with Gasteiger partial charge in [0.1, 0.15) is 0 Å². The first-order valence-electron chi connectivity index (χ1n) is 9.73. The first-order chi connectivity index (χ1) is 12.5. The molecule has 1 aromatic carbocycles. The van der Waals surface area contributed by atoms with Crippen molar-refractivity contribution in [3.05, 3.63) is 27.8 Å². The van der Waals surface area contributed by atoms with Crippen molar-refractivity contribution in [2.45, 2.75) is 59.4 Å². The van der Waals surface area contributed by atoms with E-state index >= 15 is 0 Å². The Hall–Kier alpha value is -1.44. The Kier molecular flexibility index (Phi) is 6.71. The normalized spacial score (nSPS) is 17.7. The predicted octanol–water partition coefficient (Wildman–Crippen LogP) is 0.643. The molecule has 0 bridgehead atoms. The molecular weight excluding hydrogens is 362 g/mol. The molecular formula is C20H34N3O3S+. The summed E-state index contributed by atoms with van der Waals surface area (Å²) >= 11 is 0. The molecule has 7 heteroatoms. The van der Waals surface area contributed by atoms with Crippen molar-refractivity contribution in [2.75, 3.05) is 32.7 Å². The zero-order chi connectivity index (χ0) is 20.5. The molecule has 1 saturated heterocycles. The number of nitrogens with zero attached hydrogens (tertiary/aromatic N) is 1. The highest BCUT2D eigenvalue weighted by Crippen LogP contribution is 2.31. The molecule has 2 N–H and O–H groups in total. The number of amides is 1. The van der Waals surface area contributed by atoms with Gasteiger partial charge in [-0.2, -0.15) is 4.31 Å². The smallest absolute Gasteiger partial charge is 0.278 e. The third kappa shape index (κ3) is 4.05. The molecule has 0 aromatic heterocycles. The van der Waals surface area contributed by atoms with Crippen molar-refractivity contribution in [1.29, 1.82) is 0 Å². The van der Waals surface area contributed by atoms with Crippen molar-refractivity contribution in [1.82, 2.24) is 9.62 Å². The Labute approximate surface area is 164 Å². The Morgan fingerprint density at radius 3 is 1.89 bits per heavy atom. The van der Waals surface area contributed by atoms with E-state index in [1.807, 2.05) is 48.5 Å². The SMILES string of the molecule is CCNC(=O)[C@H](C)[NH+]1CCN(S(=O)(=O)c2c(C)c(C)c(C)c(C)c2C)CC1. The molecule has 0 saturated carbocycles. The van der Waals surface area contributed by atoms with Gasteiger partial charge in [0.15, 0.2) is 6.04 Å². The van der Waals surface area contributed by atoms with Gasteiger partial charge >= 0.3 is 0 Å². The largest absolute Gasteiger partial charge is 0.351 e. The first kappa shape index (κ1) is 21.9. The van der Waals surface area contributed by atoms with E-state index in [1.54, 1.807) is 4.31 Å². The molecule has 1 aliphatic heterocycles. The number of hydrogen-bond acceptors (Lipinski definition) is 3. The zero-order valence-electron chi connectivity index (χ0n) is 17.7. The summed E-state index contributed by atoms with van der Waals surface area (Å²) in [6, 6.07) is -0.165. The van der Waals surface area contributed by atoms with Crippen LogP contribution in [0.4, 0.5) is 0 Å². The lowest BCUT2D eigenvalue weighted by Crippen LogP contribution is -3.19. The maximum absolute atomic E-state index is 13.4. The third-order valence-electron chi connectivity index (χ3n) is 6.25. The van der Waals surface area contributed by atoms with Gasteiger partial charge in [0.25, 0.3) is 5.91 Å². The average molecular weight is 397 g/mol. The summed E-state index contributed by atoms with van der Waals surface area (Å²) in [6.07, 6.45) is 0. The van der Waals surface area contributed by atoms with Gasteiger partial charge < -0.3 is 10.2 Å². The van der Waals surface area contributed by atoms with E-state index in [0.717, 1.165) is 32.7 Å².